The second-order valence-electron chi connectivity index (χ2n) is 6.18. The van der Waals surface area contributed by atoms with Crippen molar-refractivity contribution in [2.45, 2.75) is 32.2 Å². The molecule has 2 N–H and O–H groups in total. The fraction of sp³-hybridized carbons (Fsp3) is 0.600. The number of hydrogen-bond acceptors (Lipinski definition) is 4. The van der Waals surface area contributed by atoms with Crippen LogP contribution in [0.25, 0.3) is 4.96 Å². The Kier molecular flexibility index (Phi) is 6.05. The molecule has 3 atom stereocenters. The number of thiazole rings is 1. The van der Waals surface area contributed by atoms with Gasteiger partial charge in [-0.1, -0.05) is 6.42 Å². The number of rotatable bonds is 3. The van der Waals surface area contributed by atoms with Crippen LogP contribution in [0.1, 0.15) is 35.4 Å². The molecule has 1 aliphatic heterocycles. The summed E-state index contributed by atoms with van der Waals surface area (Å²) in [4.78, 5) is 17.8. The van der Waals surface area contributed by atoms with Crippen LogP contribution in [0.4, 0.5) is 0 Å². The Labute approximate surface area is 154 Å². The number of fused-ring (bicyclic) bond motifs is 2. The van der Waals surface area contributed by atoms with Gasteiger partial charge in [0.2, 0.25) is 0 Å². The summed E-state index contributed by atoms with van der Waals surface area (Å²) in [5, 5.41) is 8.63. The van der Waals surface area contributed by atoms with Crippen molar-refractivity contribution in [3.05, 3.63) is 23.0 Å². The number of imidazole rings is 1. The normalized spacial score (nSPS) is 25.7. The van der Waals surface area contributed by atoms with Gasteiger partial charge in [0.15, 0.2) is 4.96 Å². The minimum absolute atomic E-state index is 0. The van der Waals surface area contributed by atoms with Crippen LogP contribution in [0.2, 0.25) is 0 Å². The van der Waals surface area contributed by atoms with Gasteiger partial charge in [0, 0.05) is 24.2 Å². The van der Waals surface area contributed by atoms with E-state index in [1.807, 2.05) is 22.9 Å². The highest BCUT2D eigenvalue weighted by Crippen LogP contribution is 2.37. The molecular weight excluding hydrogens is 348 g/mol. The molecule has 3 heterocycles. The summed E-state index contributed by atoms with van der Waals surface area (Å²) in [7, 11) is 0. The lowest BCUT2D eigenvalue weighted by Gasteiger charge is -2.18. The number of aryl methyl sites for hydroxylation is 1. The molecule has 0 spiro atoms. The molecule has 2 aromatic rings. The lowest BCUT2D eigenvalue weighted by molar-refractivity contribution is 0.0941. The van der Waals surface area contributed by atoms with Gasteiger partial charge in [-0.2, -0.15) is 27.0 Å². The van der Waals surface area contributed by atoms with Crippen LogP contribution in [-0.2, 0) is 0 Å². The van der Waals surface area contributed by atoms with Gasteiger partial charge >= 0.3 is 0 Å². The van der Waals surface area contributed by atoms with Crippen molar-refractivity contribution in [1.29, 1.82) is 0 Å². The number of amides is 1. The van der Waals surface area contributed by atoms with E-state index in [4.69, 9.17) is 0 Å². The van der Waals surface area contributed by atoms with Crippen molar-refractivity contribution in [3.8, 4) is 0 Å². The van der Waals surface area contributed by atoms with Crippen molar-refractivity contribution in [2.24, 2.45) is 11.8 Å². The van der Waals surface area contributed by atoms with Gasteiger partial charge in [-0.3, -0.25) is 9.20 Å². The predicted molar refractivity (Wildman–Crippen MR) is 104 cm³/mol. The smallest absolute Gasteiger partial charge is 0.270 e. The molecular formula is C15H24N4OS3. The van der Waals surface area contributed by atoms with Crippen LogP contribution in [-0.4, -0.2) is 34.4 Å². The van der Waals surface area contributed by atoms with Crippen molar-refractivity contribution in [2.75, 3.05) is 13.1 Å². The maximum atomic E-state index is 12.5. The molecule has 5 nitrogen and oxygen atoms in total. The van der Waals surface area contributed by atoms with E-state index in [1.165, 1.54) is 19.3 Å². The van der Waals surface area contributed by atoms with Gasteiger partial charge in [0.05, 0.1) is 5.69 Å². The highest BCUT2D eigenvalue weighted by molar-refractivity contribution is 7.59. The molecule has 23 heavy (non-hydrogen) atoms. The Hall–Kier alpha value is -0.700. The van der Waals surface area contributed by atoms with Gasteiger partial charge in [0.1, 0.15) is 5.69 Å². The Bertz CT molecular complexity index is 683. The van der Waals surface area contributed by atoms with E-state index in [-0.39, 0.29) is 32.9 Å². The first-order valence-corrected chi connectivity index (χ1v) is 8.56. The van der Waals surface area contributed by atoms with Crippen LogP contribution < -0.4 is 10.6 Å². The number of hydrogen-bond donors (Lipinski definition) is 2. The zero-order valence-corrected chi connectivity index (χ0v) is 15.9. The summed E-state index contributed by atoms with van der Waals surface area (Å²) < 4.78 is 1.88. The Morgan fingerprint density at radius 2 is 2.30 bits per heavy atom. The molecule has 0 aromatic carbocycles. The standard InChI is InChI=1S/C15H20N4OS.2H2S/c1-9-13(19-5-6-21-15(19)18-9)14(20)17-8-12-11-4-2-3-10(11)7-16-12;;/h5-6,10-12,16H,2-4,7-8H2,1H3,(H,17,20);2*1H2/t10-,11-,12+;;/m0../s1. The lowest BCUT2D eigenvalue weighted by Crippen LogP contribution is -2.40. The Morgan fingerprint density at radius 1 is 1.48 bits per heavy atom. The molecule has 1 saturated heterocycles. The number of carbonyl (C=O) groups is 1. The topological polar surface area (TPSA) is 58.4 Å². The minimum Gasteiger partial charge on any atom is -0.349 e. The number of carbonyl (C=O) groups excluding carboxylic acids is 1. The molecule has 2 fully saturated rings. The van der Waals surface area contributed by atoms with Crippen LogP contribution in [0.3, 0.4) is 0 Å². The van der Waals surface area contributed by atoms with Crippen LogP contribution >= 0.6 is 38.3 Å². The van der Waals surface area contributed by atoms with Gasteiger partial charge in [0.25, 0.3) is 5.91 Å². The molecule has 1 aliphatic carbocycles. The van der Waals surface area contributed by atoms with E-state index in [0.717, 1.165) is 35.6 Å². The summed E-state index contributed by atoms with van der Waals surface area (Å²) in [6.45, 7) is 3.73. The fourth-order valence-electron chi connectivity index (χ4n) is 3.98. The summed E-state index contributed by atoms with van der Waals surface area (Å²) in [5.41, 5.74) is 1.48. The molecule has 0 bridgehead atoms. The minimum atomic E-state index is -0.0124. The quantitative estimate of drug-likeness (QED) is 0.867. The van der Waals surface area contributed by atoms with Gasteiger partial charge in [-0.15, -0.1) is 11.3 Å². The molecule has 2 aliphatic rings. The molecule has 128 valence electrons. The predicted octanol–water partition coefficient (Wildman–Crippen LogP) is 2.05. The summed E-state index contributed by atoms with van der Waals surface area (Å²) in [6.07, 6.45) is 5.91. The first-order valence-electron chi connectivity index (χ1n) is 7.68. The first-order chi connectivity index (χ1) is 10.2. The average molecular weight is 373 g/mol. The van der Waals surface area contributed by atoms with Crippen molar-refractivity contribution in [3.63, 3.8) is 0 Å². The van der Waals surface area contributed by atoms with E-state index in [2.05, 4.69) is 15.6 Å². The van der Waals surface area contributed by atoms with Crippen molar-refractivity contribution >= 4 is 49.2 Å². The average Bonchev–Trinajstić information content (AvgIpc) is 3.15. The van der Waals surface area contributed by atoms with E-state index in [1.54, 1.807) is 11.3 Å². The third-order valence-electron chi connectivity index (χ3n) is 5.01. The highest BCUT2D eigenvalue weighted by atomic mass is 32.1. The van der Waals surface area contributed by atoms with Crippen LogP contribution in [0.5, 0.6) is 0 Å². The van der Waals surface area contributed by atoms with Gasteiger partial charge < -0.3 is 10.6 Å². The lowest BCUT2D eigenvalue weighted by atomic mass is 9.94. The van der Waals surface area contributed by atoms with E-state index in [0.29, 0.717) is 11.7 Å². The zero-order chi connectivity index (χ0) is 14.4. The van der Waals surface area contributed by atoms with E-state index >= 15 is 0 Å². The fourth-order valence-corrected chi connectivity index (χ4v) is 4.74. The molecule has 1 amide bonds. The summed E-state index contributed by atoms with van der Waals surface area (Å²) in [5.74, 6) is 1.56. The maximum absolute atomic E-state index is 12.5. The van der Waals surface area contributed by atoms with E-state index < -0.39 is 0 Å². The Morgan fingerprint density at radius 3 is 3.13 bits per heavy atom. The number of aromatic nitrogens is 2. The highest BCUT2D eigenvalue weighted by Gasteiger charge is 2.38. The molecule has 4 rings (SSSR count). The third-order valence-corrected chi connectivity index (χ3v) is 5.77. The molecule has 0 unspecified atom stereocenters. The SMILES string of the molecule is Cc1nc2sccn2c1C(=O)NC[C@H]1NC[C@@H]2CCC[C@@H]21.S.S. The zero-order valence-electron chi connectivity index (χ0n) is 13.1. The second-order valence-corrected chi connectivity index (χ2v) is 7.05. The molecule has 8 heteroatoms. The molecule has 0 radical (unpaired) electrons. The number of nitrogens with zero attached hydrogens (tertiary/aromatic N) is 2. The third kappa shape index (κ3) is 3.26. The van der Waals surface area contributed by atoms with Crippen molar-refractivity contribution < 1.29 is 4.79 Å². The summed E-state index contributed by atoms with van der Waals surface area (Å²) >= 11 is 1.56. The van der Waals surface area contributed by atoms with E-state index in [9.17, 15) is 4.79 Å². The number of nitrogens with one attached hydrogen (secondary N) is 2. The summed E-state index contributed by atoms with van der Waals surface area (Å²) in [6, 6.07) is 0.438. The first kappa shape index (κ1) is 18.6. The van der Waals surface area contributed by atoms with Crippen LogP contribution in [0, 0.1) is 18.8 Å². The largest absolute Gasteiger partial charge is 0.349 e. The van der Waals surface area contributed by atoms with Gasteiger partial charge in [-0.25, -0.2) is 4.98 Å². The maximum Gasteiger partial charge on any atom is 0.270 e. The van der Waals surface area contributed by atoms with Crippen LogP contribution in [0.15, 0.2) is 11.6 Å². The Balaban J connectivity index is 0.000000960. The van der Waals surface area contributed by atoms with Gasteiger partial charge in [-0.05, 0) is 38.1 Å². The molecule has 1 saturated carbocycles. The monoisotopic (exact) mass is 372 g/mol. The molecule has 2 aromatic heterocycles. The second kappa shape index (κ2) is 7.46. The van der Waals surface area contributed by atoms with Crippen molar-refractivity contribution in [1.82, 2.24) is 20.0 Å².